The molecule has 0 fully saturated rings. The molecule has 108 valence electrons. The van der Waals surface area contributed by atoms with Crippen LogP contribution in [0, 0.1) is 6.92 Å². The normalized spacial score (nSPS) is 11.3. The van der Waals surface area contributed by atoms with E-state index in [0.717, 1.165) is 22.0 Å². The fourth-order valence-electron chi connectivity index (χ4n) is 2.71. The SMILES string of the molecule is Cc1ccc2[nH]c(-c3nc4ccccc4[nH]c3=O)c(N)c2c1. The third-order valence-electron chi connectivity index (χ3n) is 3.83. The number of hydrogen-bond acceptors (Lipinski definition) is 3. The predicted molar refractivity (Wildman–Crippen MR) is 88.8 cm³/mol. The molecule has 0 saturated carbocycles. The number of rotatable bonds is 1. The van der Waals surface area contributed by atoms with E-state index in [1.807, 2.05) is 49.4 Å². The monoisotopic (exact) mass is 290 g/mol. The lowest BCUT2D eigenvalue weighted by Crippen LogP contribution is -2.12. The van der Waals surface area contributed by atoms with Gasteiger partial charge in [-0.2, -0.15) is 0 Å². The highest BCUT2D eigenvalue weighted by molar-refractivity contribution is 6.00. The number of aryl methyl sites for hydroxylation is 1. The first kappa shape index (κ1) is 12.6. The lowest BCUT2D eigenvalue weighted by Gasteiger charge is -2.02. The van der Waals surface area contributed by atoms with E-state index < -0.39 is 0 Å². The minimum absolute atomic E-state index is 0.256. The minimum Gasteiger partial charge on any atom is -0.396 e. The molecule has 0 aliphatic rings. The van der Waals surface area contributed by atoms with Crippen molar-refractivity contribution in [2.24, 2.45) is 0 Å². The molecule has 0 amide bonds. The van der Waals surface area contributed by atoms with Gasteiger partial charge in [0.05, 0.1) is 22.4 Å². The Kier molecular flexibility index (Phi) is 2.56. The molecule has 5 nitrogen and oxygen atoms in total. The summed E-state index contributed by atoms with van der Waals surface area (Å²) in [6.45, 7) is 2.01. The molecule has 2 aromatic carbocycles. The molecule has 4 aromatic rings. The number of fused-ring (bicyclic) bond motifs is 2. The van der Waals surface area contributed by atoms with Gasteiger partial charge < -0.3 is 15.7 Å². The second-order valence-corrected chi connectivity index (χ2v) is 5.39. The van der Waals surface area contributed by atoms with Gasteiger partial charge in [-0.05, 0) is 31.2 Å². The Morgan fingerprint density at radius 1 is 1.05 bits per heavy atom. The quantitative estimate of drug-likeness (QED) is 0.503. The van der Waals surface area contributed by atoms with Gasteiger partial charge in [0.1, 0.15) is 0 Å². The number of H-pyrrole nitrogens is 2. The van der Waals surface area contributed by atoms with E-state index in [1.165, 1.54) is 0 Å². The lowest BCUT2D eigenvalue weighted by atomic mass is 10.1. The zero-order valence-corrected chi connectivity index (χ0v) is 12.0. The van der Waals surface area contributed by atoms with E-state index >= 15 is 0 Å². The van der Waals surface area contributed by atoms with Gasteiger partial charge in [0, 0.05) is 10.9 Å². The molecule has 0 unspecified atom stereocenters. The van der Waals surface area contributed by atoms with Gasteiger partial charge in [-0.25, -0.2) is 4.98 Å². The maximum absolute atomic E-state index is 12.3. The molecule has 0 atom stereocenters. The standard InChI is InChI=1S/C17H14N4O/c1-9-6-7-11-10(8-9)14(18)15(19-11)16-17(22)21-13-5-3-2-4-12(13)20-16/h2-8,19H,18H2,1H3,(H,21,22). The van der Waals surface area contributed by atoms with Crippen LogP contribution in [-0.4, -0.2) is 15.0 Å². The summed E-state index contributed by atoms with van der Waals surface area (Å²) in [6.07, 6.45) is 0. The maximum Gasteiger partial charge on any atom is 0.276 e. The Hall–Kier alpha value is -3.08. The van der Waals surface area contributed by atoms with Crippen LogP contribution in [0.25, 0.3) is 33.3 Å². The molecule has 0 spiro atoms. The van der Waals surface area contributed by atoms with E-state index in [9.17, 15) is 4.79 Å². The highest BCUT2D eigenvalue weighted by atomic mass is 16.1. The van der Waals surface area contributed by atoms with Crippen LogP contribution in [0.2, 0.25) is 0 Å². The van der Waals surface area contributed by atoms with Crippen LogP contribution in [0.1, 0.15) is 5.56 Å². The maximum atomic E-state index is 12.3. The van der Waals surface area contributed by atoms with Gasteiger partial charge in [0.2, 0.25) is 0 Å². The molecule has 0 saturated heterocycles. The van der Waals surface area contributed by atoms with Gasteiger partial charge in [0.15, 0.2) is 5.69 Å². The van der Waals surface area contributed by atoms with E-state index in [-0.39, 0.29) is 5.56 Å². The summed E-state index contributed by atoms with van der Waals surface area (Å²) in [7, 11) is 0. The zero-order chi connectivity index (χ0) is 15.3. The molecule has 22 heavy (non-hydrogen) atoms. The van der Waals surface area contributed by atoms with E-state index in [1.54, 1.807) is 0 Å². The molecule has 0 aliphatic heterocycles. The summed E-state index contributed by atoms with van der Waals surface area (Å²) in [6, 6.07) is 13.4. The molecule has 0 aliphatic carbocycles. The van der Waals surface area contributed by atoms with Crippen LogP contribution in [-0.2, 0) is 0 Å². The van der Waals surface area contributed by atoms with Crippen molar-refractivity contribution in [3.8, 4) is 11.4 Å². The molecule has 0 bridgehead atoms. The van der Waals surface area contributed by atoms with Crippen molar-refractivity contribution in [3.05, 3.63) is 58.4 Å². The third kappa shape index (κ3) is 1.79. The van der Waals surface area contributed by atoms with E-state index in [0.29, 0.717) is 22.6 Å². The van der Waals surface area contributed by atoms with Crippen LogP contribution in [0.15, 0.2) is 47.3 Å². The van der Waals surface area contributed by atoms with Gasteiger partial charge in [-0.3, -0.25) is 4.79 Å². The average Bonchev–Trinajstić information content (AvgIpc) is 2.83. The molecule has 2 heterocycles. The summed E-state index contributed by atoms with van der Waals surface area (Å²) < 4.78 is 0. The number of benzene rings is 2. The first-order chi connectivity index (χ1) is 10.6. The molecule has 0 radical (unpaired) electrons. The third-order valence-corrected chi connectivity index (χ3v) is 3.83. The fraction of sp³-hybridized carbons (Fsp3) is 0.0588. The molecular formula is C17H14N4O. The summed E-state index contributed by atoms with van der Waals surface area (Å²) in [5, 5.41) is 0.907. The van der Waals surface area contributed by atoms with Crippen LogP contribution in [0.5, 0.6) is 0 Å². The molecular weight excluding hydrogens is 276 g/mol. The summed E-state index contributed by atoms with van der Waals surface area (Å²) in [5.74, 6) is 0. The van der Waals surface area contributed by atoms with Gasteiger partial charge >= 0.3 is 0 Å². The van der Waals surface area contributed by atoms with Crippen LogP contribution in [0.4, 0.5) is 5.69 Å². The number of nitrogens with one attached hydrogen (secondary N) is 2. The van der Waals surface area contributed by atoms with Crippen LogP contribution in [0.3, 0.4) is 0 Å². The second-order valence-electron chi connectivity index (χ2n) is 5.39. The number of nitrogens with zero attached hydrogens (tertiary/aromatic N) is 1. The minimum atomic E-state index is -0.256. The van der Waals surface area contributed by atoms with Crippen molar-refractivity contribution in [1.29, 1.82) is 0 Å². The summed E-state index contributed by atoms with van der Waals surface area (Å²) >= 11 is 0. The topological polar surface area (TPSA) is 87.6 Å². The predicted octanol–water partition coefficient (Wildman–Crippen LogP) is 2.96. The first-order valence-electron chi connectivity index (χ1n) is 7.01. The Labute approximate surface area is 125 Å². The first-order valence-corrected chi connectivity index (χ1v) is 7.01. The zero-order valence-electron chi connectivity index (χ0n) is 12.0. The van der Waals surface area contributed by atoms with Crippen LogP contribution < -0.4 is 11.3 Å². The average molecular weight is 290 g/mol. The number of anilines is 1. The Bertz CT molecular complexity index is 1080. The Balaban J connectivity index is 2.04. The van der Waals surface area contributed by atoms with Gasteiger partial charge in [-0.1, -0.05) is 23.8 Å². The highest BCUT2D eigenvalue weighted by Gasteiger charge is 2.15. The molecule has 4 rings (SSSR count). The number of para-hydroxylation sites is 2. The van der Waals surface area contributed by atoms with Crippen molar-refractivity contribution in [1.82, 2.24) is 15.0 Å². The van der Waals surface area contributed by atoms with Gasteiger partial charge in [0.25, 0.3) is 5.56 Å². The van der Waals surface area contributed by atoms with Crippen molar-refractivity contribution in [2.75, 3.05) is 5.73 Å². The number of aromatic nitrogens is 3. The van der Waals surface area contributed by atoms with Crippen molar-refractivity contribution < 1.29 is 0 Å². The largest absolute Gasteiger partial charge is 0.396 e. The number of nitrogens with two attached hydrogens (primary N) is 1. The molecule has 2 aromatic heterocycles. The van der Waals surface area contributed by atoms with Crippen molar-refractivity contribution in [2.45, 2.75) is 6.92 Å². The molecule has 4 N–H and O–H groups in total. The second kappa shape index (κ2) is 4.46. The fourth-order valence-corrected chi connectivity index (χ4v) is 2.71. The summed E-state index contributed by atoms with van der Waals surface area (Å²) in [5.41, 5.74) is 10.8. The van der Waals surface area contributed by atoms with E-state index in [4.69, 9.17) is 5.73 Å². The summed E-state index contributed by atoms with van der Waals surface area (Å²) in [4.78, 5) is 22.9. The Morgan fingerprint density at radius 2 is 1.86 bits per heavy atom. The van der Waals surface area contributed by atoms with E-state index in [2.05, 4.69) is 15.0 Å². The lowest BCUT2D eigenvalue weighted by molar-refractivity contribution is 1.20. The number of nitrogen functional groups attached to an aromatic ring is 1. The number of hydrogen-bond donors (Lipinski definition) is 3. The van der Waals surface area contributed by atoms with Crippen LogP contribution >= 0.6 is 0 Å². The Morgan fingerprint density at radius 3 is 2.73 bits per heavy atom. The highest BCUT2D eigenvalue weighted by Crippen LogP contribution is 2.31. The molecule has 5 heteroatoms. The van der Waals surface area contributed by atoms with Crippen molar-refractivity contribution in [3.63, 3.8) is 0 Å². The smallest absolute Gasteiger partial charge is 0.276 e. The van der Waals surface area contributed by atoms with Crippen molar-refractivity contribution >= 4 is 27.6 Å². The number of aromatic amines is 2. The van der Waals surface area contributed by atoms with Gasteiger partial charge in [-0.15, -0.1) is 0 Å².